The van der Waals surface area contributed by atoms with Gasteiger partial charge in [-0.05, 0) is 20.3 Å². The number of ketones is 1. The van der Waals surface area contributed by atoms with Crippen LogP contribution in [0.4, 0.5) is 9.59 Å². The molecule has 19 heavy (non-hydrogen) atoms. The third-order valence-electron chi connectivity index (χ3n) is 1.88. The topological polar surface area (TPSA) is 110 Å². The first-order valence-electron chi connectivity index (χ1n) is 6.04. The van der Waals surface area contributed by atoms with Crippen molar-refractivity contribution in [3.05, 3.63) is 0 Å². The highest BCUT2D eigenvalue weighted by molar-refractivity contribution is 5.75. The summed E-state index contributed by atoms with van der Waals surface area (Å²) in [5, 5.41) is 16.0. The van der Waals surface area contributed by atoms with Crippen LogP contribution in [0, 0.1) is 0 Å². The number of rotatable bonds is 7. The van der Waals surface area contributed by atoms with Gasteiger partial charge in [-0.25, -0.2) is 9.59 Å². The second-order valence-corrected chi connectivity index (χ2v) is 3.93. The molecule has 2 N–H and O–H groups in total. The Morgan fingerprint density at radius 3 is 2.05 bits per heavy atom. The number of carbonyl (C=O) groups is 3. The summed E-state index contributed by atoms with van der Waals surface area (Å²) < 4.78 is 8.16. The van der Waals surface area contributed by atoms with Gasteiger partial charge in [0.15, 0.2) is 0 Å². The Bertz CT molecular complexity index is 275. The summed E-state index contributed by atoms with van der Waals surface area (Å²) in [6.07, 6.45) is 0.563. The highest BCUT2D eigenvalue weighted by atomic mass is 16.7. The Hall–Kier alpha value is -1.79. The minimum atomic E-state index is -1.45. The number of unbranched alkanes of at least 4 members (excludes halogenated alkanes) is 2. The first-order chi connectivity index (χ1) is 8.79. The molecule has 0 fully saturated rings. The largest absolute Gasteiger partial charge is 0.506 e. The number of hydrogen-bond donors (Lipinski definition) is 2. The van der Waals surface area contributed by atoms with Crippen molar-refractivity contribution in [2.75, 3.05) is 6.61 Å². The van der Waals surface area contributed by atoms with E-state index in [2.05, 4.69) is 16.4 Å². The molecule has 1 unspecified atom stereocenters. The minimum absolute atomic E-state index is 0.290. The van der Waals surface area contributed by atoms with Crippen molar-refractivity contribution in [1.82, 2.24) is 0 Å². The zero-order chi connectivity index (χ0) is 15.3. The van der Waals surface area contributed by atoms with Crippen molar-refractivity contribution in [3.63, 3.8) is 0 Å². The SMILES string of the molecule is CC(COC(=O)O)OC(=O)O.CCCCCC(C)=O. The van der Waals surface area contributed by atoms with E-state index in [0.717, 1.165) is 12.8 Å². The van der Waals surface area contributed by atoms with Crippen LogP contribution < -0.4 is 0 Å². The molecule has 0 aromatic carbocycles. The van der Waals surface area contributed by atoms with Gasteiger partial charge in [0.05, 0.1) is 0 Å². The molecule has 0 aliphatic rings. The van der Waals surface area contributed by atoms with E-state index < -0.39 is 18.4 Å². The van der Waals surface area contributed by atoms with E-state index >= 15 is 0 Å². The quantitative estimate of drug-likeness (QED) is 0.544. The van der Waals surface area contributed by atoms with Crippen molar-refractivity contribution in [2.24, 2.45) is 0 Å². The molecule has 0 rings (SSSR count). The maximum Gasteiger partial charge on any atom is 0.506 e. The Morgan fingerprint density at radius 2 is 1.68 bits per heavy atom. The van der Waals surface area contributed by atoms with E-state index in [-0.39, 0.29) is 6.61 Å². The fourth-order valence-corrected chi connectivity index (χ4v) is 1.02. The van der Waals surface area contributed by atoms with E-state index in [4.69, 9.17) is 10.2 Å². The molecule has 0 bridgehead atoms. The number of hydrogen-bond acceptors (Lipinski definition) is 5. The lowest BCUT2D eigenvalue weighted by atomic mass is 10.2. The van der Waals surface area contributed by atoms with Crippen molar-refractivity contribution in [1.29, 1.82) is 0 Å². The normalized spacial score (nSPS) is 10.7. The van der Waals surface area contributed by atoms with Crippen molar-refractivity contribution < 1.29 is 34.1 Å². The van der Waals surface area contributed by atoms with Crippen molar-refractivity contribution >= 4 is 18.1 Å². The standard InChI is InChI=1S/C7H14O.C5H8O6/c1-3-4-5-6-7(2)8;1-3(11-5(8)9)2-10-4(6)7/h3-6H2,1-2H3;3H,2H2,1H3,(H,6,7)(H,8,9). The lowest BCUT2D eigenvalue weighted by molar-refractivity contribution is -0.117. The summed E-state index contributed by atoms with van der Waals surface area (Å²) in [5.41, 5.74) is 0. The van der Waals surface area contributed by atoms with Crippen LogP contribution in [0.15, 0.2) is 0 Å². The molecule has 7 nitrogen and oxygen atoms in total. The van der Waals surface area contributed by atoms with Crippen molar-refractivity contribution in [3.8, 4) is 0 Å². The monoisotopic (exact) mass is 278 g/mol. The maximum absolute atomic E-state index is 10.3. The first-order valence-corrected chi connectivity index (χ1v) is 6.04. The van der Waals surface area contributed by atoms with E-state index in [1.165, 1.54) is 19.8 Å². The van der Waals surface area contributed by atoms with Crippen LogP contribution in [-0.2, 0) is 14.3 Å². The lowest BCUT2D eigenvalue weighted by Crippen LogP contribution is -2.20. The lowest BCUT2D eigenvalue weighted by Gasteiger charge is -2.08. The molecule has 0 spiro atoms. The van der Waals surface area contributed by atoms with Gasteiger partial charge in [-0.1, -0.05) is 19.8 Å². The van der Waals surface area contributed by atoms with Gasteiger partial charge in [0.25, 0.3) is 0 Å². The van der Waals surface area contributed by atoms with E-state index in [1.807, 2.05) is 0 Å². The summed E-state index contributed by atoms with van der Waals surface area (Å²) in [5.74, 6) is 0.318. The fourth-order valence-electron chi connectivity index (χ4n) is 1.02. The molecule has 7 heteroatoms. The molecule has 0 aromatic heterocycles. The molecule has 0 saturated carbocycles. The van der Waals surface area contributed by atoms with Crippen LogP contribution in [0.2, 0.25) is 0 Å². The predicted octanol–water partition coefficient (Wildman–Crippen LogP) is 2.92. The summed E-state index contributed by atoms with van der Waals surface area (Å²) >= 11 is 0. The fraction of sp³-hybridized carbons (Fsp3) is 0.750. The van der Waals surface area contributed by atoms with Gasteiger partial charge in [0.2, 0.25) is 0 Å². The molecule has 0 radical (unpaired) electrons. The maximum atomic E-state index is 10.3. The number of carboxylic acid groups (broad SMARTS) is 2. The molecule has 0 aromatic rings. The summed E-state index contributed by atoms with van der Waals surface area (Å²) in [7, 11) is 0. The number of Topliss-reactive ketones (excluding diaryl/α,β-unsaturated/α-hetero) is 1. The second kappa shape index (κ2) is 12.7. The molecule has 0 amide bonds. The van der Waals surface area contributed by atoms with Crippen LogP contribution in [0.1, 0.15) is 46.5 Å². The average Bonchev–Trinajstić information content (AvgIpc) is 2.26. The van der Waals surface area contributed by atoms with Gasteiger partial charge in [-0.15, -0.1) is 0 Å². The molecule has 0 saturated heterocycles. The highest BCUT2D eigenvalue weighted by Crippen LogP contribution is 1.98. The molecule has 0 aliphatic heterocycles. The Morgan fingerprint density at radius 1 is 1.11 bits per heavy atom. The van der Waals surface area contributed by atoms with Gasteiger partial charge >= 0.3 is 12.3 Å². The van der Waals surface area contributed by atoms with Gasteiger partial charge < -0.3 is 24.5 Å². The predicted molar refractivity (Wildman–Crippen MR) is 67.4 cm³/mol. The van der Waals surface area contributed by atoms with Crippen LogP contribution in [0.5, 0.6) is 0 Å². The molecule has 0 heterocycles. The van der Waals surface area contributed by atoms with Gasteiger partial charge in [-0.2, -0.15) is 0 Å². The summed E-state index contributed by atoms with van der Waals surface area (Å²) in [6, 6.07) is 0. The molecule has 0 aliphatic carbocycles. The average molecular weight is 278 g/mol. The Labute approximate surface area is 112 Å². The third kappa shape index (κ3) is 22.0. The van der Waals surface area contributed by atoms with E-state index in [0.29, 0.717) is 5.78 Å². The van der Waals surface area contributed by atoms with Crippen LogP contribution >= 0.6 is 0 Å². The van der Waals surface area contributed by atoms with Crippen molar-refractivity contribution in [2.45, 2.75) is 52.6 Å². The Kier molecular flexibility index (Phi) is 13.0. The molecule has 1 atom stereocenters. The van der Waals surface area contributed by atoms with Gasteiger partial charge in [-0.3, -0.25) is 0 Å². The third-order valence-corrected chi connectivity index (χ3v) is 1.88. The second-order valence-electron chi connectivity index (χ2n) is 3.93. The van der Waals surface area contributed by atoms with Crippen LogP contribution in [0.3, 0.4) is 0 Å². The van der Waals surface area contributed by atoms with Crippen LogP contribution in [-0.4, -0.2) is 41.0 Å². The summed E-state index contributed by atoms with van der Waals surface area (Å²) in [4.78, 5) is 29.9. The minimum Gasteiger partial charge on any atom is -0.450 e. The van der Waals surface area contributed by atoms with E-state index in [1.54, 1.807) is 6.92 Å². The molecular formula is C12H22O7. The smallest absolute Gasteiger partial charge is 0.450 e. The Balaban J connectivity index is 0. The zero-order valence-electron chi connectivity index (χ0n) is 11.5. The summed E-state index contributed by atoms with van der Waals surface area (Å²) in [6.45, 7) is 4.88. The number of carbonyl (C=O) groups excluding carboxylic acids is 1. The zero-order valence-corrected chi connectivity index (χ0v) is 11.5. The van der Waals surface area contributed by atoms with Gasteiger partial charge in [0.1, 0.15) is 18.5 Å². The highest BCUT2D eigenvalue weighted by Gasteiger charge is 2.09. The van der Waals surface area contributed by atoms with E-state index in [9.17, 15) is 14.4 Å². The van der Waals surface area contributed by atoms with Gasteiger partial charge in [0, 0.05) is 6.42 Å². The molecule has 112 valence electrons. The number of ether oxygens (including phenoxy) is 2. The first kappa shape index (κ1) is 19.5. The van der Waals surface area contributed by atoms with Crippen LogP contribution in [0.25, 0.3) is 0 Å². The molecular weight excluding hydrogens is 256 g/mol.